The third-order valence-electron chi connectivity index (χ3n) is 5.31. The predicted molar refractivity (Wildman–Crippen MR) is 112 cm³/mol. The van der Waals surface area contributed by atoms with E-state index in [1.165, 1.54) is 0 Å². The maximum atomic E-state index is 12.8. The Morgan fingerprint density at radius 1 is 1.26 bits per heavy atom. The van der Waals surface area contributed by atoms with Crippen molar-refractivity contribution < 1.29 is 14.5 Å². The van der Waals surface area contributed by atoms with E-state index < -0.39 is 6.04 Å². The van der Waals surface area contributed by atoms with E-state index in [9.17, 15) is 9.59 Å². The summed E-state index contributed by atoms with van der Waals surface area (Å²) >= 11 is 1.66. The first-order valence-corrected chi connectivity index (χ1v) is 11.1. The quantitative estimate of drug-likeness (QED) is 0.674. The molecular formula is C21H34N3O2S+. The van der Waals surface area contributed by atoms with E-state index in [2.05, 4.69) is 26.1 Å². The zero-order valence-electron chi connectivity index (χ0n) is 17.0. The van der Waals surface area contributed by atoms with Gasteiger partial charge in [0, 0.05) is 18.7 Å². The molecule has 1 saturated heterocycles. The van der Waals surface area contributed by atoms with Gasteiger partial charge in [0.2, 0.25) is 11.8 Å². The average Bonchev–Trinajstić information content (AvgIpc) is 3.11. The number of nitrogens with zero attached hydrogens (tertiary/aromatic N) is 1. The number of rotatable bonds is 9. The lowest BCUT2D eigenvalue weighted by atomic mass is 10.1. The van der Waals surface area contributed by atoms with Gasteiger partial charge >= 0.3 is 0 Å². The molecule has 1 aromatic rings. The summed E-state index contributed by atoms with van der Waals surface area (Å²) in [6, 6.07) is 9.68. The third kappa shape index (κ3) is 5.98. The molecule has 0 unspecified atom stereocenters. The van der Waals surface area contributed by atoms with Crippen molar-refractivity contribution in [2.75, 3.05) is 25.4 Å². The van der Waals surface area contributed by atoms with Crippen molar-refractivity contribution in [2.45, 2.75) is 58.0 Å². The van der Waals surface area contributed by atoms with E-state index in [0.717, 1.165) is 38.0 Å². The van der Waals surface area contributed by atoms with Crippen molar-refractivity contribution in [3.05, 3.63) is 35.9 Å². The van der Waals surface area contributed by atoms with Gasteiger partial charge in [-0.3, -0.25) is 9.59 Å². The Labute approximate surface area is 167 Å². The molecule has 6 heteroatoms. The van der Waals surface area contributed by atoms with Crippen LogP contribution in [0.15, 0.2) is 30.3 Å². The largest absolute Gasteiger partial charge is 0.352 e. The average molecular weight is 393 g/mol. The van der Waals surface area contributed by atoms with Gasteiger partial charge in [0.15, 0.2) is 0 Å². The second-order valence-electron chi connectivity index (χ2n) is 7.30. The molecule has 0 aliphatic carbocycles. The second kappa shape index (κ2) is 10.7. The standard InChI is InChI=1S/C21H33N3O2S/c1-5-23(6-2)14-10-11-16(3)22-20(26)19-15-27-21(24(19)17(4)25)18-12-8-7-9-13-18/h7-9,12-13,16,19,21H,5-6,10-11,14-15H2,1-4H3,(H,22,26)/p+1/t16-,19-,21-/m1/s1. The number of nitrogens with one attached hydrogen (secondary N) is 2. The van der Waals surface area contributed by atoms with Crippen molar-refractivity contribution in [3.63, 3.8) is 0 Å². The molecule has 1 fully saturated rings. The van der Waals surface area contributed by atoms with Crippen LogP contribution in [-0.4, -0.2) is 54.2 Å². The van der Waals surface area contributed by atoms with Gasteiger partial charge < -0.3 is 15.1 Å². The minimum atomic E-state index is -0.395. The van der Waals surface area contributed by atoms with Crippen LogP contribution in [0.4, 0.5) is 0 Å². The molecule has 0 aromatic heterocycles. The van der Waals surface area contributed by atoms with Crippen molar-refractivity contribution in [1.82, 2.24) is 10.2 Å². The van der Waals surface area contributed by atoms with Gasteiger partial charge in [-0.05, 0) is 39.2 Å². The van der Waals surface area contributed by atoms with Crippen LogP contribution in [0.3, 0.4) is 0 Å². The fraction of sp³-hybridized carbons (Fsp3) is 0.619. The molecule has 2 N–H and O–H groups in total. The number of hydrogen-bond acceptors (Lipinski definition) is 3. The summed E-state index contributed by atoms with van der Waals surface area (Å²) in [5.74, 6) is 0.562. The van der Waals surface area contributed by atoms with Gasteiger partial charge in [-0.1, -0.05) is 30.3 Å². The van der Waals surface area contributed by atoms with E-state index in [1.807, 2.05) is 30.3 Å². The zero-order chi connectivity index (χ0) is 19.8. The Morgan fingerprint density at radius 2 is 1.93 bits per heavy atom. The Bertz CT molecular complexity index is 607. The van der Waals surface area contributed by atoms with Crippen molar-refractivity contribution >= 4 is 23.6 Å². The van der Waals surface area contributed by atoms with Gasteiger partial charge in [-0.2, -0.15) is 0 Å². The van der Waals surface area contributed by atoms with E-state index in [-0.39, 0.29) is 23.2 Å². The maximum Gasteiger partial charge on any atom is 0.243 e. The summed E-state index contributed by atoms with van der Waals surface area (Å²) in [5.41, 5.74) is 1.07. The van der Waals surface area contributed by atoms with Crippen LogP contribution in [0.1, 0.15) is 51.5 Å². The van der Waals surface area contributed by atoms with E-state index in [1.54, 1.807) is 28.5 Å². The van der Waals surface area contributed by atoms with Gasteiger partial charge in [-0.15, -0.1) is 11.8 Å². The van der Waals surface area contributed by atoms with Crippen LogP contribution in [-0.2, 0) is 9.59 Å². The van der Waals surface area contributed by atoms with Gasteiger partial charge in [0.25, 0.3) is 0 Å². The van der Waals surface area contributed by atoms with Crippen molar-refractivity contribution in [1.29, 1.82) is 0 Å². The van der Waals surface area contributed by atoms with E-state index >= 15 is 0 Å². The summed E-state index contributed by atoms with van der Waals surface area (Å²) in [6.45, 7) is 11.5. The maximum absolute atomic E-state index is 12.8. The summed E-state index contributed by atoms with van der Waals surface area (Å²) in [5, 5.41) is 3.05. The first-order chi connectivity index (χ1) is 13.0. The fourth-order valence-electron chi connectivity index (χ4n) is 3.64. The smallest absolute Gasteiger partial charge is 0.243 e. The molecular weight excluding hydrogens is 358 g/mol. The molecule has 1 aliphatic rings. The molecule has 1 heterocycles. The highest BCUT2D eigenvalue weighted by Crippen LogP contribution is 2.41. The molecule has 27 heavy (non-hydrogen) atoms. The second-order valence-corrected chi connectivity index (χ2v) is 8.41. The number of benzene rings is 1. The molecule has 3 atom stereocenters. The van der Waals surface area contributed by atoms with Crippen LogP contribution >= 0.6 is 11.8 Å². The molecule has 5 nitrogen and oxygen atoms in total. The summed E-state index contributed by atoms with van der Waals surface area (Å²) in [4.78, 5) is 28.4. The van der Waals surface area contributed by atoms with Gasteiger partial charge in [-0.25, -0.2) is 0 Å². The van der Waals surface area contributed by atoms with Crippen LogP contribution < -0.4 is 10.2 Å². The first kappa shape index (κ1) is 21.8. The normalized spacial score (nSPS) is 20.7. The topological polar surface area (TPSA) is 53.9 Å². The lowest BCUT2D eigenvalue weighted by Crippen LogP contribution is -3.11. The minimum absolute atomic E-state index is 0.0289. The van der Waals surface area contributed by atoms with Crippen LogP contribution in [0.5, 0.6) is 0 Å². The number of thioether (sulfide) groups is 1. The van der Waals surface area contributed by atoms with Crippen molar-refractivity contribution in [3.8, 4) is 0 Å². The van der Waals surface area contributed by atoms with Crippen LogP contribution in [0.25, 0.3) is 0 Å². The monoisotopic (exact) mass is 392 g/mol. The number of carbonyl (C=O) groups excluding carboxylic acids is 2. The van der Waals surface area contributed by atoms with E-state index in [0.29, 0.717) is 5.75 Å². The summed E-state index contributed by atoms with van der Waals surface area (Å²) in [6.07, 6.45) is 2.07. The van der Waals surface area contributed by atoms with E-state index in [4.69, 9.17) is 0 Å². The molecule has 0 radical (unpaired) electrons. The number of hydrogen-bond donors (Lipinski definition) is 2. The lowest BCUT2D eigenvalue weighted by molar-refractivity contribution is -0.896. The Hall–Kier alpha value is -1.53. The highest BCUT2D eigenvalue weighted by molar-refractivity contribution is 7.99. The summed E-state index contributed by atoms with van der Waals surface area (Å²) < 4.78 is 0. The molecule has 1 aromatic carbocycles. The van der Waals surface area contributed by atoms with Crippen LogP contribution in [0.2, 0.25) is 0 Å². The Kier molecular flexibility index (Phi) is 8.64. The molecule has 2 amide bonds. The van der Waals surface area contributed by atoms with Crippen LogP contribution in [0, 0.1) is 0 Å². The molecule has 0 spiro atoms. The molecule has 150 valence electrons. The number of amides is 2. The molecule has 1 aliphatic heterocycles. The molecule has 0 bridgehead atoms. The first-order valence-electron chi connectivity index (χ1n) is 10.1. The fourth-order valence-corrected chi connectivity index (χ4v) is 5.12. The number of carbonyl (C=O) groups is 2. The summed E-state index contributed by atoms with van der Waals surface area (Å²) in [7, 11) is 0. The highest BCUT2D eigenvalue weighted by atomic mass is 32.2. The SMILES string of the molecule is CC[NH+](CC)CCC[C@@H](C)NC(=O)[C@H]1CS[C@H](c2ccccc2)N1C(C)=O. The predicted octanol–water partition coefficient (Wildman–Crippen LogP) is 1.86. The lowest BCUT2D eigenvalue weighted by Gasteiger charge is -2.28. The van der Waals surface area contributed by atoms with Gasteiger partial charge in [0.1, 0.15) is 11.4 Å². The zero-order valence-corrected chi connectivity index (χ0v) is 17.8. The third-order valence-corrected chi connectivity index (χ3v) is 6.63. The number of quaternary nitrogens is 1. The Morgan fingerprint density at radius 3 is 2.52 bits per heavy atom. The molecule has 0 saturated carbocycles. The van der Waals surface area contributed by atoms with Crippen molar-refractivity contribution in [2.24, 2.45) is 0 Å². The Balaban J connectivity index is 1.92. The molecule has 2 rings (SSSR count). The van der Waals surface area contributed by atoms with Gasteiger partial charge in [0.05, 0.1) is 19.6 Å². The highest BCUT2D eigenvalue weighted by Gasteiger charge is 2.41. The minimum Gasteiger partial charge on any atom is -0.352 e.